The van der Waals surface area contributed by atoms with E-state index in [1.807, 2.05) is 0 Å². The van der Waals surface area contributed by atoms with Gasteiger partial charge in [0.2, 0.25) is 0 Å². The zero-order valence-electron chi connectivity index (χ0n) is 15.2. The van der Waals surface area contributed by atoms with E-state index < -0.39 is 0 Å². The Morgan fingerprint density at radius 2 is 0.905 bits per heavy atom. The summed E-state index contributed by atoms with van der Waals surface area (Å²) in [6.07, 6.45) is 14.7. The van der Waals surface area contributed by atoms with Crippen LogP contribution < -0.4 is 0 Å². The molecule has 2 heteroatoms. The van der Waals surface area contributed by atoms with E-state index in [2.05, 4.69) is 20.8 Å². The molecular weight excluding hydrogens is 258 g/mol. The van der Waals surface area contributed by atoms with Crippen molar-refractivity contribution in [1.82, 2.24) is 0 Å². The highest BCUT2D eigenvalue weighted by molar-refractivity contribution is 4.51. The van der Waals surface area contributed by atoms with Gasteiger partial charge >= 0.3 is 0 Å². The van der Waals surface area contributed by atoms with Gasteiger partial charge in [-0.15, -0.1) is 0 Å². The highest BCUT2D eigenvalue weighted by Gasteiger charge is 2.25. The molecule has 0 aromatic heterocycles. The molecule has 1 N–H and O–H groups in total. The molecule has 0 heterocycles. The lowest BCUT2D eigenvalue weighted by Crippen LogP contribution is -2.51. The van der Waals surface area contributed by atoms with Gasteiger partial charge in [0.25, 0.3) is 0 Å². The molecule has 0 atom stereocenters. The van der Waals surface area contributed by atoms with E-state index >= 15 is 0 Å². The Morgan fingerprint density at radius 3 is 1.29 bits per heavy atom. The molecule has 0 fully saturated rings. The Hall–Kier alpha value is -0.0800. The van der Waals surface area contributed by atoms with Gasteiger partial charge in [-0.3, -0.25) is 0 Å². The van der Waals surface area contributed by atoms with Crippen molar-refractivity contribution in [3.8, 4) is 0 Å². The summed E-state index contributed by atoms with van der Waals surface area (Å²) in [6, 6.07) is 0. The third-order valence-corrected chi connectivity index (χ3v) is 4.78. The largest absolute Gasteiger partial charge is 0.391 e. The van der Waals surface area contributed by atoms with Crippen LogP contribution in [-0.4, -0.2) is 42.4 Å². The molecule has 0 aliphatic rings. The van der Waals surface area contributed by atoms with Crippen molar-refractivity contribution < 1.29 is 9.59 Å². The minimum absolute atomic E-state index is 0.355. The topological polar surface area (TPSA) is 20.2 Å². The minimum Gasteiger partial charge on any atom is -0.391 e. The lowest BCUT2D eigenvalue weighted by atomic mass is 10.1. The van der Waals surface area contributed by atoms with Crippen LogP contribution in [0.25, 0.3) is 0 Å². The number of unbranched alkanes of at least 4 members (excludes halogenated alkanes) is 8. The first-order valence-corrected chi connectivity index (χ1v) is 9.70. The molecule has 0 saturated heterocycles. The normalized spacial score (nSPS) is 12.0. The molecule has 0 unspecified atom stereocenters. The van der Waals surface area contributed by atoms with Crippen LogP contribution in [0.15, 0.2) is 0 Å². The monoisotopic (exact) mass is 300 g/mol. The Bertz CT molecular complexity index is 194. The molecule has 2 nitrogen and oxygen atoms in total. The molecule has 0 spiro atoms. The lowest BCUT2D eigenvalue weighted by molar-refractivity contribution is -0.929. The third-order valence-electron chi connectivity index (χ3n) is 4.78. The highest BCUT2D eigenvalue weighted by Crippen LogP contribution is 2.16. The van der Waals surface area contributed by atoms with Gasteiger partial charge in [-0.05, 0) is 38.5 Å². The van der Waals surface area contributed by atoms with Gasteiger partial charge in [0.05, 0.1) is 26.2 Å². The molecule has 0 aliphatic heterocycles. The second kappa shape index (κ2) is 14.8. The maximum Gasteiger partial charge on any atom is 0.102 e. The van der Waals surface area contributed by atoms with Crippen molar-refractivity contribution >= 4 is 0 Å². The Morgan fingerprint density at radius 1 is 0.524 bits per heavy atom. The van der Waals surface area contributed by atoms with E-state index in [4.69, 9.17) is 0 Å². The van der Waals surface area contributed by atoms with E-state index in [1.165, 1.54) is 94.7 Å². The maximum absolute atomic E-state index is 9.55. The van der Waals surface area contributed by atoms with Crippen LogP contribution in [0.3, 0.4) is 0 Å². The maximum atomic E-state index is 9.55. The van der Waals surface area contributed by atoms with Crippen molar-refractivity contribution in [2.75, 3.05) is 32.8 Å². The number of aliphatic hydroxyl groups excluding tert-OH is 1. The summed E-state index contributed by atoms with van der Waals surface area (Å²) >= 11 is 0. The smallest absolute Gasteiger partial charge is 0.102 e. The van der Waals surface area contributed by atoms with Gasteiger partial charge in [-0.2, -0.15) is 0 Å². The Balaban J connectivity index is 4.38. The van der Waals surface area contributed by atoms with Crippen molar-refractivity contribution in [2.45, 2.75) is 91.4 Å². The average Bonchev–Trinajstić information content (AvgIpc) is 2.49. The van der Waals surface area contributed by atoms with Gasteiger partial charge in [0.1, 0.15) is 6.54 Å². The fourth-order valence-corrected chi connectivity index (χ4v) is 3.33. The molecule has 0 bridgehead atoms. The summed E-state index contributed by atoms with van der Waals surface area (Å²) in [5.74, 6) is 0. The van der Waals surface area contributed by atoms with Crippen LogP contribution in [0.4, 0.5) is 0 Å². The van der Waals surface area contributed by atoms with Gasteiger partial charge in [0, 0.05) is 0 Å². The second-order valence-electron chi connectivity index (χ2n) is 6.79. The zero-order valence-corrected chi connectivity index (χ0v) is 15.2. The van der Waals surface area contributed by atoms with Gasteiger partial charge in [-0.25, -0.2) is 0 Å². The fraction of sp³-hybridized carbons (Fsp3) is 1.00. The van der Waals surface area contributed by atoms with Crippen LogP contribution in [0.1, 0.15) is 91.4 Å². The van der Waals surface area contributed by atoms with Gasteiger partial charge in [-0.1, -0.05) is 52.9 Å². The number of hydrogen-bond acceptors (Lipinski definition) is 1. The number of quaternary nitrogens is 1. The fourth-order valence-electron chi connectivity index (χ4n) is 3.33. The van der Waals surface area contributed by atoms with Crippen molar-refractivity contribution in [3.05, 3.63) is 0 Å². The predicted octanol–water partition coefficient (Wildman–Crippen LogP) is 5.15. The number of rotatable bonds is 16. The first-order chi connectivity index (χ1) is 10.2. The second-order valence-corrected chi connectivity index (χ2v) is 6.79. The molecule has 0 saturated carbocycles. The lowest BCUT2D eigenvalue weighted by Gasteiger charge is -2.39. The Labute approximate surface area is 134 Å². The van der Waals surface area contributed by atoms with Crippen LogP contribution in [0, 0.1) is 0 Å². The molecule has 0 aromatic carbocycles. The van der Waals surface area contributed by atoms with E-state index in [0.29, 0.717) is 6.61 Å². The number of nitrogens with zero attached hydrogens (tertiary/aromatic N) is 1. The predicted molar refractivity (Wildman–Crippen MR) is 94.6 cm³/mol. The molecule has 0 rings (SSSR count). The van der Waals surface area contributed by atoms with Crippen LogP contribution in [-0.2, 0) is 0 Å². The van der Waals surface area contributed by atoms with E-state index in [1.54, 1.807) is 0 Å². The number of aliphatic hydroxyl groups is 1. The summed E-state index contributed by atoms with van der Waals surface area (Å²) < 4.78 is 1.18. The van der Waals surface area contributed by atoms with Crippen LogP contribution in [0.5, 0.6) is 0 Å². The molecule has 21 heavy (non-hydrogen) atoms. The van der Waals surface area contributed by atoms with Gasteiger partial charge < -0.3 is 9.59 Å². The molecule has 0 amide bonds. The van der Waals surface area contributed by atoms with Gasteiger partial charge in [0.15, 0.2) is 0 Å². The van der Waals surface area contributed by atoms with E-state index in [9.17, 15) is 5.11 Å². The summed E-state index contributed by atoms with van der Waals surface area (Å²) in [5, 5.41) is 9.55. The van der Waals surface area contributed by atoms with Crippen molar-refractivity contribution in [1.29, 1.82) is 0 Å². The minimum atomic E-state index is 0.355. The summed E-state index contributed by atoms with van der Waals surface area (Å²) in [4.78, 5) is 0. The summed E-state index contributed by atoms with van der Waals surface area (Å²) in [7, 11) is 0. The van der Waals surface area contributed by atoms with Crippen LogP contribution in [0.2, 0.25) is 0 Å². The van der Waals surface area contributed by atoms with Crippen molar-refractivity contribution in [2.24, 2.45) is 0 Å². The molecule has 128 valence electrons. The van der Waals surface area contributed by atoms with Crippen molar-refractivity contribution in [3.63, 3.8) is 0 Å². The highest BCUT2D eigenvalue weighted by atomic mass is 16.3. The summed E-state index contributed by atoms with van der Waals surface area (Å²) in [6.45, 7) is 12.0. The average molecular weight is 301 g/mol. The first-order valence-electron chi connectivity index (χ1n) is 9.70. The zero-order chi connectivity index (χ0) is 15.8. The quantitative estimate of drug-likeness (QED) is 0.309. The molecule has 0 radical (unpaired) electrons. The van der Waals surface area contributed by atoms with Crippen LogP contribution >= 0.6 is 0 Å². The standard InChI is InChI=1S/C19H42NO/c1-4-7-10-13-16-20(18-19-21,15-12-9-6-3)17-14-11-8-5-2/h21H,4-19H2,1-3H3/q+1. The number of hydrogen-bond donors (Lipinski definition) is 1. The van der Waals surface area contributed by atoms with E-state index in [-0.39, 0.29) is 0 Å². The van der Waals surface area contributed by atoms with E-state index in [0.717, 1.165) is 6.54 Å². The first kappa shape index (κ1) is 20.9. The molecule has 0 aromatic rings. The Kier molecular flexibility index (Phi) is 14.8. The molecule has 0 aliphatic carbocycles. The molecular formula is C19H42NO+. The third kappa shape index (κ3) is 11.2. The SMILES string of the molecule is CCCCCC[N+](CCO)(CCCCC)CCCCCC. The summed E-state index contributed by atoms with van der Waals surface area (Å²) in [5.41, 5.74) is 0.